The Morgan fingerprint density at radius 3 is 2.67 bits per heavy atom. The number of halogens is 2. The molecule has 3 nitrogen and oxygen atoms in total. The Balaban J connectivity index is 2.73. The zero-order valence-corrected chi connectivity index (χ0v) is 10.5. The second kappa shape index (κ2) is 6.44. The van der Waals surface area contributed by atoms with Crippen molar-refractivity contribution in [2.45, 2.75) is 26.3 Å². The van der Waals surface area contributed by atoms with Crippen LogP contribution >= 0.6 is 0 Å². The zero-order valence-electron chi connectivity index (χ0n) is 10.5. The molecular formula is C13H18F2N2O. The van der Waals surface area contributed by atoms with Gasteiger partial charge in [-0.1, -0.05) is 6.92 Å². The molecule has 0 aliphatic carbocycles. The van der Waals surface area contributed by atoms with Crippen LogP contribution in [0.15, 0.2) is 18.2 Å². The Bertz CT molecular complexity index is 423. The maximum Gasteiger partial charge on any atom is 0.223 e. The van der Waals surface area contributed by atoms with Crippen LogP contribution in [-0.4, -0.2) is 12.5 Å². The van der Waals surface area contributed by atoms with Gasteiger partial charge in [-0.15, -0.1) is 0 Å². The SMILES string of the molecule is CC(CCN)C(=O)NC(C)c1cc(F)ccc1F. The van der Waals surface area contributed by atoms with Gasteiger partial charge in [-0.05, 0) is 38.1 Å². The van der Waals surface area contributed by atoms with Gasteiger partial charge >= 0.3 is 0 Å². The average molecular weight is 256 g/mol. The van der Waals surface area contributed by atoms with E-state index in [1.54, 1.807) is 13.8 Å². The van der Waals surface area contributed by atoms with Gasteiger partial charge in [0, 0.05) is 11.5 Å². The standard InChI is InChI=1S/C13H18F2N2O/c1-8(5-6-16)13(18)17-9(2)11-7-10(14)3-4-12(11)15/h3-4,7-9H,5-6,16H2,1-2H3,(H,17,18). The van der Waals surface area contributed by atoms with E-state index >= 15 is 0 Å². The maximum atomic E-state index is 13.5. The summed E-state index contributed by atoms with van der Waals surface area (Å²) >= 11 is 0. The number of hydrogen-bond acceptors (Lipinski definition) is 2. The highest BCUT2D eigenvalue weighted by Gasteiger charge is 2.18. The molecule has 0 aromatic heterocycles. The van der Waals surface area contributed by atoms with E-state index in [2.05, 4.69) is 5.32 Å². The van der Waals surface area contributed by atoms with Crippen LogP contribution < -0.4 is 11.1 Å². The highest BCUT2D eigenvalue weighted by atomic mass is 19.1. The van der Waals surface area contributed by atoms with Crippen molar-refractivity contribution in [2.75, 3.05) is 6.54 Å². The third-order valence-corrected chi connectivity index (χ3v) is 2.83. The molecule has 2 atom stereocenters. The Labute approximate surface area is 105 Å². The first kappa shape index (κ1) is 14.6. The summed E-state index contributed by atoms with van der Waals surface area (Å²) in [5.74, 6) is -1.51. The van der Waals surface area contributed by atoms with Crippen molar-refractivity contribution < 1.29 is 13.6 Å². The third-order valence-electron chi connectivity index (χ3n) is 2.83. The van der Waals surface area contributed by atoms with E-state index in [4.69, 9.17) is 5.73 Å². The number of carbonyl (C=O) groups excluding carboxylic acids is 1. The number of rotatable bonds is 5. The molecule has 0 saturated heterocycles. The number of hydrogen-bond donors (Lipinski definition) is 2. The van der Waals surface area contributed by atoms with Crippen LogP contribution in [-0.2, 0) is 4.79 Å². The van der Waals surface area contributed by atoms with Gasteiger partial charge in [0.25, 0.3) is 0 Å². The van der Waals surface area contributed by atoms with E-state index in [-0.39, 0.29) is 17.4 Å². The summed E-state index contributed by atoms with van der Waals surface area (Å²) in [5, 5.41) is 2.65. The van der Waals surface area contributed by atoms with Crippen molar-refractivity contribution in [2.24, 2.45) is 11.7 Å². The van der Waals surface area contributed by atoms with Gasteiger partial charge in [0.2, 0.25) is 5.91 Å². The molecule has 18 heavy (non-hydrogen) atoms. The lowest BCUT2D eigenvalue weighted by atomic mass is 10.0. The first-order valence-corrected chi connectivity index (χ1v) is 5.91. The van der Waals surface area contributed by atoms with Gasteiger partial charge in [-0.2, -0.15) is 0 Å². The average Bonchev–Trinajstić information content (AvgIpc) is 2.32. The predicted molar refractivity (Wildman–Crippen MR) is 65.8 cm³/mol. The fraction of sp³-hybridized carbons (Fsp3) is 0.462. The van der Waals surface area contributed by atoms with Crippen molar-refractivity contribution in [3.8, 4) is 0 Å². The van der Waals surface area contributed by atoms with E-state index in [1.165, 1.54) is 0 Å². The van der Waals surface area contributed by atoms with Gasteiger partial charge in [0.05, 0.1) is 6.04 Å². The lowest BCUT2D eigenvalue weighted by Crippen LogP contribution is -2.32. The van der Waals surface area contributed by atoms with Crippen molar-refractivity contribution in [1.29, 1.82) is 0 Å². The molecule has 1 aromatic rings. The van der Waals surface area contributed by atoms with E-state index in [0.717, 1.165) is 18.2 Å². The Morgan fingerprint density at radius 1 is 1.39 bits per heavy atom. The molecule has 1 amide bonds. The molecule has 3 N–H and O–H groups in total. The topological polar surface area (TPSA) is 55.1 Å². The Kier molecular flexibility index (Phi) is 5.22. The van der Waals surface area contributed by atoms with Gasteiger partial charge in [-0.25, -0.2) is 8.78 Å². The quantitative estimate of drug-likeness (QED) is 0.848. The lowest BCUT2D eigenvalue weighted by Gasteiger charge is -2.18. The van der Waals surface area contributed by atoms with Crippen LogP contribution in [0.4, 0.5) is 8.78 Å². The first-order chi connectivity index (χ1) is 8.45. The van der Waals surface area contributed by atoms with Gasteiger partial charge in [0.15, 0.2) is 0 Å². The van der Waals surface area contributed by atoms with Crippen molar-refractivity contribution >= 4 is 5.91 Å². The highest BCUT2D eigenvalue weighted by Crippen LogP contribution is 2.18. The molecule has 100 valence electrons. The number of nitrogens with two attached hydrogens (primary N) is 1. The van der Waals surface area contributed by atoms with Crippen LogP contribution in [0.5, 0.6) is 0 Å². The van der Waals surface area contributed by atoms with Crippen LogP contribution in [0.25, 0.3) is 0 Å². The smallest absolute Gasteiger partial charge is 0.223 e. The molecule has 0 aliphatic heterocycles. The molecule has 0 aliphatic rings. The highest BCUT2D eigenvalue weighted by molar-refractivity contribution is 5.78. The number of nitrogens with one attached hydrogen (secondary N) is 1. The zero-order chi connectivity index (χ0) is 13.7. The van der Waals surface area contributed by atoms with Crippen LogP contribution in [0.1, 0.15) is 31.9 Å². The molecule has 5 heteroatoms. The fourth-order valence-corrected chi connectivity index (χ4v) is 1.66. The fourth-order valence-electron chi connectivity index (χ4n) is 1.66. The second-order valence-electron chi connectivity index (χ2n) is 4.37. The number of benzene rings is 1. The summed E-state index contributed by atoms with van der Waals surface area (Å²) in [5.41, 5.74) is 5.51. The molecule has 0 fully saturated rings. The largest absolute Gasteiger partial charge is 0.349 e. The minimum atomic E-state index is -0.576. The number of carbonyl (C=O) groups is 1. The second-order valence-corrected chi connectivity index (χ2v) is 4.37. The van der Waals surface area contributed by atoms with Gasteiger partial charge < -0.3 is 11.1 Å². The predicted octanol–water partition coefficient (Wildman–Crippen LogP) is 2.13. The van der Waals surface area contributed by atoms with E-state index in [9.17, 15) is 13.6 Å². The first-order valence-electron chi connectivity index (χ1n) is 5.91. The third kappa shape index (κ3) is 3.77. The molecule has 0 bridgehead atoms. The van der Waals surface area contributed by atoms with E-state index in [0.29, 0.717) is 13.0 Å². The van der Waals surface area contributed by atoms with E-state index in [1.807, 2.05) is 0 Å². The summed E-state index contributed by atoms with van der Waals surface area (Å²) in [6, 6.07) is 2.61. The van der Waals surface area contributed by atoms with Crippen molar-refractivity contribution in [1.82, 2.24) is 5.32 Å². The maximum absolute atomic E-state index is 13.5. The Morgan fingerprint density at radius 2 is 2.06 bits per heavy atom. The molecule has 0 spiro atoms. The molecular weight excluding hydrogens is 238 g/mol. The Hall–Kier alpha value is -1.49. The van der Waals surface area contributed by atoms with Crippen LogP contribution in [0, 0.1) is 17.6 Å². The van der Waals surface area contributed by atoms with Crippen LogP contribution in [0.3, 0.4) is 0 Å². The van der Waals surface area contributed by atoms with Crippen molar-refractivity contribution in [3.63, 3.8) is 0 Å². The molecule has 1 rings (SSSR count). The van der Waals surface area contributed by atoms with E-state index < -0.39 is 17.7 Å². The summed E-state index contributed by atoms with van der Waals surface area (Å²) in [7, 11) is 0. The van der Waals surface area contributed by atoms with Gasteiger partial charge in [0.1, 0.15) is 11.6 Å². The minimum Gasteiger partial charge on any atom is -0.349 e. The monoisotopic (exact) mass is 256 g/mol. The summed E-state index contributed by atoms with van der Waals surface area (Å²) in [6.45, 7) is 3.78. The summed E-state index contributed by atoms with van der Waals surface area (Å²) < 4.78 is 26.5. The summed E-state index contributed by atoms with van der Waals surface area (Å²) in [4.78, 5) is 11.7. The molecule has 0 radical (unpaired) electrons. The lowest BCUT2D eigenvalue weighted by molar-refractivity contribution is -0.125. The molecule has 2 unspecified atom stereocenters. The van der Waals surface area contributed by atoms with Crippen molar-refractivity contribution in [3.05, 3.63) is 35.4 Å². The number of amides is 1. The van der Waals surface area contributed by atoms with Gasteiger partial charge in [-0.3, -0.25) is 4.79 Å². The molecule has 0 saturated carbocycles. The van der Waals surface area contributed by atoms with Crippen LogP contribution in [0.2, 0.25) is 0 Å². The minimum absolute atomic E-state index is 0.142. The normalized spacial score (nSPS) is 14.1. The molecule has 0 heterocycles. The molecule has 1 aromatic carbocycles. The summed E-state index contributed by atoms with van der Waals surface area (Å²) in [6.07, 6.45) is 0.560.